The first kappa shape index (κ1) is 23.1. The van der Waals surface area contributed by atoms with Crippen LogP contribution in [0.5, 0.6) is 5.75 Å². The number of para-hydroxylation sites is 2. The van der Waals surface area contributed by atoms with Gasteiger partial charge in [0.25, 0.3) is 0 Å². The molecule has 0 spiro atoms. The van der Waals surface area contributed by atoms with Crippen LogP contribution in [-0.4, -0.2) is 37.4 Å². The van der Waals surface area contributed by atoms with Crippen molar-refractivity contribution in [2.75, 3.05) is 6.54 Å². The van der Waals surface area contributed by atoms with E-state index >= 15 is 0 Å². The van der Waals surface area contributed by atoms with Gasteiger partial charge in [0.1, 0.15) is 6.61 Å². The molecule has 1 amide bonds. The number of amides is 1. The second-order valence-electron chi connectivity index (χ2n) is 8.33. The Morgan fingerprint density at radius 2 is 1.71 bits per heavy atom. The Hall–Kier alpha value is -3.65. The third-order valence-corrected chi connectivity index (χ3v) is 7.01. The van der Waals surface area contributed by atoms with Gasteiger partial charge in [0, 0.05) is 18.8 Å². The molecular weight excluding hydrogens is 463 g/mol. The molecule has 0 radical (unpaired) electrons. The fourth-order valence-electron chi connectivity index (χ4n) is 4.16. The van der Waals surface area contributed by atoms with E-state index in [0.717, 1.165) is 12.1 Å². The molecule has 2 heterocycles. The summed E-state index contributed by atoms with van der Waals surface area (Å²) in [6.07, 6.45) is 0.858. The SMILES string of the molecule is C[C@H](Sc1nnc(COc2ccccc2F)n1-c1ccccc1)C(=O)N1CCc2ccccc2C1. The summed E-state index contributed by atoms with van der Waals surface area (Å²) in [5.41, 5.74) is 3.35. The molecule has 6 nitrogen and oxygen atoms in total. The fraction of sp³-hybridized carbons (Fsp3) is 0.222. The number of rotatable bonds is 7. The molecule has 3 aromatic carbocycles. The summed E-state index contributed by atoms with van der Waals surface area (Å²) in [5.74, 6) is 0.304. The minimum absolute atomic E-state index is 0.0363. The topological polar surface area (TPSA) is 60.3 Å². The van der Waals surface area contributed by atoms with Crippen LogP contribution >= 0.6 is 11.8 Å². The van der Waals surface area contributed by atoms with E-state index in [9.17, 15) is 9.18 Å². The molecule has 0 saturated heterocycles. The van der Waals surface area contributed by atoms with E-state index in [-0.39, 0.29) is 23.5 Å². The highest BCUT2D eigenvalue weighted by molar-refractivity contribution is 8.00. The maximum atomic E-state index is 14.0. The number of hydrogen-bond donors (Lipinski definition) is 0. The Balaban J connectivity index is 1.35. The third-order valence-electron chi connectivity index (χ3n) is 5.98. The zero-order valence-corrected chi connectivity index (χ0v) is 20.1. The lowest BCUT2D eigenvalue weighted by Gasteiger charge is -2.30. The Labute approximate surface area is 207 Å². The molecule has 1 aliphatic heterocycles. The number of aromatic nitrogens is 3. The van der Waals surface area contributed by atoms with Crippen molar-refractivity contribution < 1.29 is 13.9 Å². The number of hydrogen-bond acceptors (Lipinski definition) is 5. The van der Waals surface area contributed by atoms with Gasteiger partial charge in [-0.3, -0.25) is 9.36 Å². The van der Waals surface area contributed by atoms with Crippen LogP contribution in [0.1, 0.15) is 23.9 Å². The van der Waals surface area contributed by atoms with Crippen LogP contribution in [0.2, 0.25) is 0 Å². The average Bonchev–Trinajstić information content (AvgIpc) is 3.30. The van der Waals surface area contributed by atoms with Gasteiger partial charge in [-0.1, -0.05) is 66.4 Å². The minimum atomic E-state index is -0.435. The second kappa shape index (κ2) is 10.3. The van der Waals surface area contributed by atoms with Crippen LogP contribution in [-0.2, 0) is 24.4 Å². The number of benzene rings is 3. The van der Waals surface area contributed by atoms with Gasteiger partial charge in [-0.05, 0) is 48.7 Å². The predicted molar refractivity (Wildman–Crippen MR) is 133 cm³/mol. The number of nitrogens with zero attached hydrogens (tertiary/aromatic N) is 4. The van der Waals surface area contributed by atoms with Crippen molar-refractivity contribution in [3.05, 3.63) is 102 Å². The molecule has 0 saturated carbocycles. The lowest BCUT2D eigenvalue weighted by atomic mass is 10.00. The van der Waals surface area contributed by atoms with Crippen molar-refractivity contribution in [2.45, 2.75) is 36.9 Å². The highest BCUT2D eigenvalue weighted by Gasteiger charge is 2.27. The lowest BCUT2D eigenvalue weighted by Crippen LogP contribution is -2.40. The molecule has 0 unspecified atom stereocenters. The van der Waals surface area contributed by atoms with Crippen molar-refractivity contribution in [1.29, 1.82) is 0 Å². The number of ether oxygens (including phenoxy) is 1. The Morgan fingerprint density at radius 1 is 1.00 bits per heavy atom. The number of fused-ring (bicyclic) bond motifs is 1. The molecule has 5 rings (SSSR count). The fourth-order valence-corrected chi connectivity index (χ4v) is 5.13. The lowest BCUT2D eigenvalue weighted by molar-refractivity contribution is -0.131. The van der Waals surface area contributed by atoms with E-state index in [1.54, 1.807) is 18.2 Å². The molecule has 178 valence electrons. The monoisotopic (exact) mass is 488 g/mol. The summed E-state index contributed by atoms with van der Waals surface area (Å²) in [7, 11) is 0. The Kier molecular flexibility index (Phi) is 6.81. The first-order valence-corrected chi connectivity index (χ1v) is 12.4. The maximum Gasteiger partial charge on any atom is 0.236 e. The number of carbonyl (C=O) groups excluding carboxylic acids is 1. The highest BCUT2D eigenvalue weighted by Crippen LogP contribution is 2.29. The molecule has 1 atom stereocenters. The summed E-state index contributed by atoms with van der Waals surface area (Å²) < 4.78 is 21.6. The second-order valence-corrected chi connectivity index (χ2v) is 9.64. The van der Waals surface area contributed by atoms with E-state index in [0.29, 0.717) is 24.1 Å². The molecule has 4 aromatic rings. The molecule has 35 heavy (non-hydrogen) atoms. The largest absolute Gasteiger partial charge is 0.483 e. The van der Waals surface area contributed by atoms with Crippen molar-refractivity contribution in [3.8, 4) is 11.4 Å². The summed E-state index contributed by atoms with van der Waals surface area (Å²) in [4.78, 5) is 15.2. The molecule has 1 aliphatic rings. The van der Waals surface area contributed by atoms with Gasteiger partial charge in [-0.25, -0.2) is 4.39 Å². The van der Waals surface area contributed by atoms with Crippen LogP contribution in [0, 0.1) is 5.82 Å². The predicted octanol–water partition coefficient (Wildman–Crippen LogP) is 5.05. The van der Waals surface area contributed by atoms with Gasteiger partial charge in [-0.2, -0.15) is 0 Å². The van der Waals surface area contributed by atoms with Crippen LogP contribution in [0.25, 0.3) is 5.69 Å². The van der Waals surface area contributed by atoms with Crippen molar-refractivity contribution in [1.82, 2.24) is 19.7 Å². The molecule has 0 aliphatic carbocycles. The summed E-state index contributed by atoms with van der Waals surface area (Å²) in [6, 6.07) is 24.2. The highest BCUT2D eigenvalue weighted by atomic mass is 32.2. The van der Waals surface area contributed by atoms with Crippen LogP contribution in [0.4, 0.5) is 4.39 Å². The maximum absolute atomic E-state index is 14.0. The Bertz CT molecular complexity index is 1330. The van der Waals surface area contributed by atoms with Crippen LogP contribution < -0.4 is 4.74 Å². The van der Waals surface area contributed by atoms with Crippen molar-refractivity contribution in [2.24, 2.45) is 0 Å². The van der Waals surface area contributed by atoms with Gasteiger partial charge < -0.3 is 9.64 Å². The standard InChI is InChI=1S/C27H25FN4O2S/c1-19(26(33)31-16-15-20-9-5-6-10-21(20)17-31)35-27-30-29-25(32(27)22-11-3-2-4-12-22)18-34-24-14-8-7-13-23(24)28/h2-14,19H,15-18H2,1H3/t19-/m0/s1. The average molecular weight is 489 g/mol. The van der Waals surface area contributed by atoms with E-state index in [4.69, 9.17) is 4.74 Å². The normalized spacial score (nSPS) is 13.8. The molecule has 1 aromatic heterocycles. The smallest absolute Gasteiger partial charge is 0.236 e. The summed E-state index contributed by atoms with van der Waals surface area (Å²) >= 11 is 1.36. The zero-order chi connectivity index (χ0) is 24.2. The molecule has 0 N–H and O–H groups in total. The minimum Gasteiger partial charge on any atom is -0.483 e. The molecular formula is C27H25FN4O2S. The number of halogens is 1. The molecule has 8 heteroatoms. The van der Waals surface area contributed by atoms with Crippen LogP contribution in [0.3, 0.4) is 0 Å². The number of thioether (sulfide) groups is 1. The third kappa shape index (κ3) is 5.07. The molecule has 0 bridgehead atoms. The molecule has 0 fully saturated rings. The first-order valence-electron chi connectivity index (χ1n) is 11.5. The number of carbonyl (C=O) groups is 1. The van der Waals surface area contributed by atoms with Crippen LogP contribution in [0.15, 0.2) is 84.0 Å². The summed E-state index contributed by atoms with van der Waals surface area (Å²) in [6.45, 7) is 3.25. The van der Waals surface area contributed by atoms with Gasteiger partial charge in [0.2, 0.25) is 5.91 Å². The Morgan fingerprint density at radius 3 is 2.51 bits per heavy atom. The summed E-state index contributed by atoms with van der Waals surface area (Å²) in [5, 5.41) is 8.90. The van der Waals surface area contributed by atoms with Gasteiger partial charge in [-0.15, -0.1) is 10.2 Å². The van der Waals surface area contributed by atoms with Crippen molar-refractivity contribution >= 4 is 17.7 Å². The first-order chi connectivity index (χ1) is 17.1. The van der Waals surface area contributed by atoms with E-state index in [2.05, 4.69) is 22.3 Å². The zero-order valence-electron chi connectivity index (χ0n) is 19.3. The van der Waals surface area contributed by atoms with E-state index in [1.807, 2.05) is 58.9 Å². The van der Waals surface area contributed by atoms with Gasteiger partial charge in [0.05, 0.1) is 5.25 Å². The van der Waals surface area contributed by atoms with E-state index in [1.165, 1.54) is 29.0 Å². The van der Waals surface area contributed by atoms with Gasteiger partial charge in [0.15, 0.2) is 22.5 Å². The van der Waals surface area contributed by atoms with Gasteiger partial charge >= 0.3 is 0 Å². The van der Waals surface area contributed by atoms with Crippen molar-refractivity contribution in [3.63, 3.8) is 0 Å². The van der Waals surface area contributed by atoms with E-state index < -0.39 is 5.82 Å². The quantitative estimate of drug-likeness (QED) is 0.341.